The number of anilines is 1. The number of benzene rings is 2. The number of pyridine rings is 1. The number of ether oxygens (including phenoxy) is 2. The van der Waals surface area contributed by atoms with Gasteiger partial charge in [0.05, 0.1) is 23.9 Å². The number of hydrogen-bond acceptors (Lipinski definition) is 6. The van der Waals surface area contributed by atoms with E-state index in [1.165, 1.54) is 11.3 Å². The molecular weight excluding hydrogens is 398 g/mol. The largest absolute Gasteiger partial charge is 0.497 e. The molecule has 2 aromatic heterocycles. The molecule has 152 valence electrons. The molecule has 0 aliphatic rings. The van der Waals surface area contributed by atoms with Crippen LogP contribution in [-0.2, 0) is 11.3 Å². The summed E-state index contributed by atoms with van der Waals surface area (Å²) in [4.78, 5) is 23.6. The average molecular weight is 420 g/mol. The van der Waals surface area contributed by atoms with Gasteiger partial charge in [0.15, 0.2) is 11.7 Å². The van der Waals surface area contributed by atoms with Gasteiger partial charge in [0.25, 0.3) is 5.91 Å². The van der Waals surface area contributed by atoms with Crippen molar-refractivity contribution in [2.45, 2.75) is 13.5 Å². The van der Waals surface area contributed by atoms with Gasteiger partial charge in [0.1, 0.15) is 11.5 Å². The molecule has 30 heavy (non-hydrogen) atoms. The van der Waals surface area contributed by atoms with Crippen LogP contribution in [0.15, 0.2) is 67.0 Å². The summed E-state index contributed by atoms with van der Waals surface area (Å²) in [5.74, 6) is 1.24. The molecule has 6 nitrogen and oxygen atoms in total. The van der Waals surface area contributed by atoms with Crippen molar-refractivity contribution in [3.05, 3.63) is 78.1 Å². The second-order valence-corrected chi connectivity index (χ2v) is 7.78. The predicted molar refractivity (Wildman–Crippen MR) is 118 cm³/mol. The fourth-order valence-corrected chi connectivity index (χ4v) is 3.94. The first kappa shape index (κ1) is 19.8. The van der Waals surface area contributed by atoms with E-state index < -0.39 is 0 Å². The second kappa shape index (κ2) is 8.92. The molecule has 0 atom stereocenters. The first-order valence-corrected chi connectivity index (χ1v) is 10.3. The second-order valence-electron chi connectivity index (χ2n) is 6.77. The number of hydrogen-bond donors (Lipinski definition) is 0. The van der Waals surface area contributed by atoms with E-state index in [0.29, 0.717) is 17.4 Å². The molecule has 0 bridgehead atoms. The topological polar surface area (TPSA) is 64.5 Å². The van der Waals surface area contributed by atoms with Crippen molar-refractivity contribution in [3.8, 4) is 11.5 Å². The van der Waals surface area contributed by atoms with E-state index in [9.17, 15) is 4.79 Å². The Hall–Kier alpha value is -3.45. The van der Waals surface area contributed by atoms with Gasteiger partial charge < -0.3 is 9.47 Å². The number of amides is 1. The van der Waals surface area contributed by atoms with Gasteiger partial charge in [-0.2, -0.15) is 0 Å². The lowest BCUT2D eigenvalue weighted by atomic mass is 10.2. The molecule has 0 radical (unpaired) electrons. The van der Waals surface area contributed by atoms with E-state index in [2.05, 4.69) is 9.97 Å². The number of methoxy groups -OCH3 is 1. The van der Waals surface area contributed by atoms with Crippen LogP contribution >= 0.6 is 11.3 Å². The molecule has 0 fully saturated rings. The monoisotopic (exact) mass is 419 g/mol. The minimum atomic E-state index is -0.176. The molecule has 0 spiro atoms. The predicted octanol–water partition coefficient (Wildman–Crippen LogP) is 4.62. The maximum Gasteiger partial charge on any atom is 0.267 e. The Bertz CT molecular complexity index is 1140. The quantitative estimate of drug-likeness (QED) is 0.437. The van der Waals surface area contributed by atoms with Crippen LogP contribution in [0.4, 0.5) is 5.13 Å². The summed E-state index contributed by atoms with van der Waals surface area (Å²) < 4.78 is 12.0. The van der Waals surface area contributed by atoms with Crippen LogP contribution in [0.3, 0.4) is 0 Å². The Morgan fingerprint density at radius 2 is 1.90 bits per heavy atom. The summed E-state index contributed by atoms with van der Waals surface area (Å²) in [7, 11) is 1.63. The van der Waals surface area contributed by atoms with Crippen LogP contribution < -0.4 is 14.4 Å². The Labute approximate surface area is 178 Å². The van der Waals surface area contributed by atoms with Gasteiger partial charge in [-0.15, -0.1) is 0 Å². The van der Waals surface area contributed by atoms with Crippen LogP contribution in [0.1, 0.15) is 11.1 Å². The summed E-state index contributed by atoms with van der Waals surface area (Å²) >= 11 is 1.44. The molecule has 0 saturated heterocycles. The number of aromatic nitrogens is 2. The van der Waals surface area contributed by atoms with Crippen LogP contribution in [0, 0.1) is 6.92 Å². The number of carbonyl (C=O) groups excluding carboxylic acids is 1. The van der Waals surface area contributed by atoms with Gasteiger partial charge in [0.2, 0.25) is 0 Å². The maximum atomic E-state index is 13.1. The normalized spacial score (nSPS) is 10.7. The third kappa shape index (κ3) is 4.58. The van der Waals surface area contributed by atoms with Gasteiger partial charge in [-0.25, -0.2) is 4.98 Å². The average Bonchev–Trinajstić information content (AvgIpc) is 3.20. The number of rotatable bonds is 7. The highest BCUT2D eigenvalue weighted by Crippen LogP contribution is 2.32. The zero-order valence-electron chi connectivity index (χ0n) is 16.7. The van der Waals surface area contributed by atoms with Gasteiger partial charge in [-0.3, -0.25) is 14.7 Å². The van der Waals surface area contributed by atoms with Crippen LogP contribution in [0.2, 0.25) is 0 Å². The summed E-state index contributed by atoms with van der Waals surface area (Å²) in [6.07, 6.45) is 3.46. The number of nitrogens with zero attached hydrogens (tertiary/aromatic N) is 3. The third-order valence-corrected chi connectivity index (χ3v) is 5.60. The lowest BCUT2D eigenvalue weighted by Crippen LogP contribution is -2.34. The fourth-order valence-electron chi connectivity index (χ4n) is 2.93. The smallest absolute Gasteiger partial charge is 0.267 e. The summed E-state index contributed by atoms with van der Waals surface area (Å²) in [5.41, 5.74) is 2.87. The van der Waals surface area contributed by atoms with Crippen molar-refractivity contribution in [2.24, 2.45) is 0 Å². The zero-order chi connectivity index (χ0) is 20.9. The lowest BCUT2D eigenvalue weighted by Gasteiger charge is -2.20. The zero-order valence-corrected chi connectivity index (χ0v) is 17.6. The van der Waals surface area contributed by atoms with E-state index in [-0.39, 0.29) is 12.5 Å². The molecule has 1 amide bonds. The molecule has 7 heteroatoms. The highest BCUT2D eigenvalue weighted by molar-refractivity contribution is 7.22. The van der Waals surface area contributed by atoms with Crippen LogP contribution in [-0.4, -0.2) is 29.6 Å². The van der Waals surface area contributed by atoms with Gasteiger partial charge in [-0.1, -0.05) is 35.1 Å². The number of thiazole rings is 1. The molecule has 0 unspecified atom stereocenters. The minimum Gasteiger partial charge on any atom is -0.497 e. The number of carbonyl (C=O) groups is 1. The highest BCUT2D eigenvalue weighted by atomic mass is 32.1. The van der Waals surface area contributed by atoms with Crippen molar-refractivity contribution in [2.75, 3.05) is 18.6 Å². The van der Waals surface area contributed by atoms with Gasteiger partial charge >= 0.3 is 0 Å². The Morgan fingerprint density at radius 3 is 2.63 bits per heavy atom. The van der Waals surface area contributed by atoms with Gasteiger partial charge in [-0.05, 0) is 48.9 Å². The van der Waals surface area contributed by atoms with Crippen molar-refractivity contribution in [1.82, 2.24) is 9.97 Å². The van der Waals surface area contributed by atoms with E-state index in [0.717, 1.165) is 27.1 Å². The summed E-state index contributed by atoms with van der Waals surface area (Å²) in [6.45, 7) is 2.29. The number of fused-ring (bicyclic) bond motifs is 1. The molecular formula is C23H21N3O3S. The SMILES string of the molecule is COc1ccc2nc(N(Cc3cccnc3)C(=O)COc3ccc(C)cc3)sc2c1. The Balaban J connectivity index is 1.60. The Morgan fingerprint density at radius 1 is 1.10 bits per heavy atom. The standard InChI is InChI=1S/C23H21N3O3S/c1-16-5-7-18(8-6-16)29-15-22(27)26(14-17-4-3-11-24-13-17)23-25-20-10-9-19(28-2)12-21(20)30-23/h3-13H,14-15H2,1-2H3. The first-order valence-electron chi connectivity index (χ1n) is 9.46. The molecule has 0 aliphatic heterocycles. The summed E-state index contributed by atoms with van der Waals surface area (Å²) in [5, 5.41) is 0.611. The molecule has 2 heterocycles. The molecule has 0 aliphatic carbocycles. The highest BCUT2D eigenvalue weighted by Gasteiger charge is 2.21. The molecule has 4 aromatic rings. The van der Waals surface area contributed by atoms with E-state index >= 15 is 0 Å². The van der Waals surface area contributed by atoms with Crippen LogP contribution in [0.5, 0.6) is 11.5 Å². The van der Waals surface area contributed by atoms with E-state index in [1.54, 1.807) is 24.4 Å². The van der Waals surface area contributed by atoms with E-state index in [4.69, 9.17) is 9.47 Å². The third-order valence-electron chi connectivity index (χ3n) is 4.56. The van der Waals surface area contributed by atoms with E-state index in [1.807, 2.05) is 61.5 Å². The van der Waals surface area contributed by atoms with Crippen molar-refractivity contribution in [3.63, 3.8) is 0 Å². The minimum absolute atomic E-state index is 0.0808. The molecule has 0 saturated carbocycles. The molecule has 4 rings (SSSR count). The molecule has 2 aromatic carbocycles. The van der Waals surface area contributed by atoms with Crippen molar-refractivity contribution < 1.29 is 14.3 Å². The van der Waals surface area contributed by atoms with Gasteiger partial charge in [0, 0.05) is 12.4 Å². The fraction of sp³-hybridized carbons (Fsp3) is 0.174. The first-order chi connectivity index (χ1) is 14.6. The van der Waals surface area contributed by atoms with Crippen molar-refractivity contribution >= 4 is 32.6 Å². The number of aryl methyl sites for hydroxylation is 1. The maximum absolute atomic E-state index is 13.1. The van der Waals surface area contributed by atoms with Crippen LogP contribution in [0.25, 0.3) is 10.2 Å². The Kier molecular flexibility index (Phi) is 5.90. The van der Waals surface area contributed by atoms with Crippen molar-refractivity contribution in [1.29, 1.82) is 0 Å². The summed E-state index contributed by atoms with van der Waals surface area (Å²) in [6, 6.07) is 17.1. The molecule has 0 N–H and O–H groups in total. The lowest BCUT2D eigenvalue weighted by molar-refractivity contribution is -0.120.